The summed E-state index contributed by atoms with van der Waals surface area (Å²) in [5, 5.41) is 11.5. The fourth-order valence-electron chi connectivity index (χ4n) is 2.89. The van der Waals surface area contributed by atoms with Crippen molar-refractivity contribution in [2.24, 2.45) is 10.2 Å². The molecule has 2 heterocycles. The molecule has 0 aliphatic carbocycles. The molecule has 1 fully saturated rings. The summed E-state index contributed by atoms with van der Waals surface area (Å²) in [6.07, 6.45) is 1.51. The number of ketones is 1. The predicted molar refractivity (Wildman–Crippen MR) is 124 cm³/mol. The Morgan fingerprint density at radius 2 is 1.94 bits per heavy atom. The summed E-state index contributed by atoms with van der Waals surface area (Å²) >= 11 is 13.4. The maximum atomic E-state index is 12.3. The highest BCUT2D eigenvalue weighted by atomic mass is 35.5. The monoisotopic (exact) mass is 471 g/mol. The fourth-order valence-corrected chi connectivity index (χ4v) is 4.20. The second kappa shape index (κ2) is 9.51. The second-order valence-corrected chi connectivity index (χ2v) is 8.60. The summed E-state index contributed by atoms with van der Waals surface area (Å²) in [4.78, 5) is 24.5. The van der Waals surface area contributed by atoms with Gasteiger partial charge in [0.15, 0.2) is 11.0 Å². The van der Waals surface area contributed by atoms with Crippen LogP contribution in [0.5, 0.6) is 0 Å². The molecule has 0 saturated carbocycles. The summed E-state index contributed by atoms with van der Waals surface area (Å²) in [7, 11) is 0. The lowest BCUT2D eigenvalue weighted by Gasteiger charge is -2.04. The van der Waals surface area contributed by atoms with Gasteiger partial charge in [0.2, 0.25) is 5.91 Å². The minimum absolute atomic E-state index is 0.0885. The number of furan rings is 1. The Morgan fingerprint density at radius 3 is 2.74 bits per heavy atom. The van der Waals surface area contributed by atoms with Crippen molar-refractivity contribution in [3.63, 3.8) is 0 Å². The van der Waals surface area contributed by atoms with E-state index in [1.165, 1.54) is 18.0 Å². The number of Topliss-reactive ketones (excluding diaryl/α,β-unsaturated/α-hetero) is 1. The van der Waals surface area contributed by atoms with E-state index in [0.29, 0.717) is 37.9 Å². The molecule has 0 radical (unpaired) electrons. The zero-order valence-electron chi connectivity index (χ0n) is 15.9. The van der Waals surface area contributed by atoms with E-state index in [1.54, 1.807) is 54.6 Å². The molecule has 1 unspecified atom stereocenters. The molecule has 0 bridgehead atoms. The van der Waals surface area contributed by atoms with Gasteiger partial charge in [-0.25, -0.2) is 0 Å². The number of nitrogens with one attached hydrogen (secondary N) is 1. The molecular weight excluding hydrogens is 457 g/mol. The largest absolute Gasteiger partial charge is 0.455 e. The first-order valence-electron chi connectivity index (χ1n) is 9.21. The molecule has 3 aromatic rings. The van der Waals surface area contributed by atoms with Crippen molar-refractivity contribution in [2.45, 2.75) is 11.7 Å². The molecule has 2 aromatic carbocycles. The third-order valence-electron chi connectivity index (χ3n) is 4.40. The van der Waals surface area contributed by atoms with Crippen molar-refractivity contribution in [2.75, 3.05) is 0 Å². The first-order valence-corrected chi connectivity index (χ1v) is 10.9. The zero-order valence-corrected chi connectivity index (χ0v) is 18.2. The van der Waals surface area contributed by atoms with E-state index in [-0.39, 0.29) is 18.1 Å². The van der Waals surface area contributed by atoms with Gasteiger partial charge in [0.05, 0.1) is 16.5 Å². The summed E-state index contributed by atoms with van der Waals surface area (Å²) in [6, 6.07) is 17.5. The van der Waals surface area contributed by atoms with Crippen LogP contribution in [0.2, 0.25) is 10.0 Å². The summed E-state index contributed by atoms with van der Waals surface area (Å²) in [5.74, 6) is 0.644. The van der Waals surface area contributed by atoms with Crippen LogP contribution >= 0.6 is 35.0 Å². The van der Waals surface area contributed by atoms with Crippen LogP contribution in [0.25, 0.3) is 11.3 Å². The Hall–Kier alpha value is -2.87. The van der Waals surface area contributed by atoms with Crippen molar-refractivity contribution in [1.29, 1.82) is 0 Å². The van der Waals surface area contributed by atoms with Crippen LogP contribution in [0.3, 0.4) is 0 Å². The highest BCUT2D eigenvalue weighted by Crippen LogP contribution is 2.31. The number of hydrogen-bond donors (Lipinski definition) is 1. The van der Waals surface area contributed by atoms with Gasteiger partial charge in [-0.1, -0.05) is 65.3 Å². The molecule has 9 heteroatoms. The first-order chi connectivity index (χ1) is 15.0. The van der Waals surface area contributed by atoms with Crippen molar-refractivity contribution in [1.82, 2.24) is 5.32 Å². The van der Waals surface area contributed by atoms with E-state index in [4.69, 9.17) is 27.6 Å². The van der Waals surface area contributed by atoms with E-state index >= 15 is 0 Å². The van der Waals surface area contributed by atoms with Crippen LogP contribution in [-0.4, -0.2) is 28.3 Å². The highest BCUT2D eigenvalue weighted by Gasteiger charge is 2.32. The number of amides is 1. The molecule has 31 heavy (non-hydrogen) atoms. The van der Waals surface area contributed by atoms with Crippen molar-refractivity contribution in [3.05, 3.63) is 82.0 Å². The van der Waals surface area contributed by atoms with E-state index in [9.17, 15) is 9.59 Å². The lowest BCUT2D eigenvalue weighted by atomic mass is 10.1. The van der Waals surface area contributed by atoms with Crippen LogP contribution in [0, 0.1) is 0 Å². The predicted octanol–water partition coefficient (Wildman–Crippen LogP) is 5.45. The van der Waals surface area contributed by atoms with Gasteiger partial charge in [-0.2, -0.15) is 5.10 Å². The summed E-state index contributed by atoms with van der Waals surface area (Å²) in [5.41, 5.74) is 1.25. The van der Waals surface area contributed by atoms with Crippen molar-refractivity contribution >= 4 is 58.0 Å². The molecule has 1 aromatic heterocycles. The maximum absolute atomic E-state index is 12.3. The number of benzene rings is 2. The fraction of sp³-hybridized carbons (Fsp3) is 0.0909. The van der Waals surface area contributed by atoms with Gasteiger partial charge in [0.1, 0.15) is 11.5 Å². The van der Waals surface area contributed by atoms with Crippen LogP contribution in [0.1, 0.15) is 22.5 Å². The van der Waals surface area contributed by atoms with E-state index in [0.717, 1.165) is 0 Å². The van der Waals surface area contributed by atoms with E-state index in [1.807, 2.05) is 6.07 Å². The molecule has 6 nitrogen and oxygen atoms in total. The number of hydrogen-bond acceptors (Lipinski definition) is 6. The molecule has 156 valence electrons. The van der Waals surface area contributed by atoms with Gasteiger partial charge in [0, 0.05) is 22.6 Å². The third kappa shape index (κ3) is 5.25. The Balaban J connectivity index is 1.39. The summed E-state index contributed by atoms with van der Waals surface area (Å²) in [6.45, 7) is 0. The number of carbonyl (C=O) groups excluding carboxylic acids is 2. The number of amidine groups is 1. The number of thioether (sulfide) groups is 1. The van der Waals surface area contributed by atoms with E-state index < -0.39 is 5.25 Å². The van der Waals surface area contributed by atoms with Gasteiger partial charge in [-0.05, 0) is 30.3 Å². The lowest BCUT2D eigenvalue weighted by Crippen LogP contribution is -2.26. The Morgan fingerprint density at radius 1 is 1.13 bits per heavy atom. The standard InChI is InChI=1S/C22H15Cl2N3O3S/c23-14-6-8-17(24)16(10-14)19-9-7-15(30-19)12-25-27-22-26-21(29)20(31-22)11-18(28)13-4-2-1-3-5-13/h1-10,12,20H,11H2,(H,26,27,29)/b25-12+. The number of carbonyl (C=O) groups is 2. The van der Waals surface area contributed by atoms with Crippen molar-refractivity contribution < 1.29 is 14.0 Å². The summed E-state index contributed by atoms with van der Waals surface area (Å²) < 4.78 is 5.71. The normalized spacial score (nSPS) is 17.4. The first kappa shape index (κ1) is 21.4. The molecule has 0 spiro atoms. The Kier molecular flexibility index (Phi) is 6.56. The number of rotatable bonds is 6. The Bertz CT molecular complexity index is 1190. The molecule has 4 rings (SSSR count). The molecule has 1 aliphatic rings. The zero-order chi connectivity index (χ0) is 21.8. The smallest absolute Gasteiger partial charge is 0.240 e. The van der Waals surface area contributed by atoms with Gasteiger partial charge < -0.3 is 9.73 Å². The topological polar surface area (TPSA) is 84.0 Å². The minimum atomic E-state index is -0.540. The van der Waals surface area contributed by atoms with Crippen LogP contribution in [-0.2, 0) is 4.79 Å². The average Bonchev–Trinajstić information content (AvgIpc) is 3.37. The number of nitrogens with zero attached hydrogens (tertiary/aromatic N) is 2. The highest BCUT2D eigenvalue weighted by molar-refractivity contribution is 8.15. The quantitative estimate of drug-likeness (QED) is 0.294. The Labute approximate surface area is 192 Å². The second-order valence-electron chi connectivity index (χ2n) is 6.56. The van der Waals surface area contributed by atoms with E-state index in [2.05, 4.69) is 15.5 Å². The molecule has 1 atom stereocenters. The van der Waals surface area contributed by atoms with Crippen LogP contribution in [0.4, 0.5) is 0 Å². The number of halogens is 2. The van der Waals surface area contributed by atoms with Gasteiger partial charge in [-0.15, -0.1) is 5.10 Å². The third-order valence-corrected chi connectivity index (χ3v) is 6.03. The van der Waals surface area contributed by atoms with Crippen LogP contribution in [0.15, 0.2) is 75.3 Å². The van der Waals surface area contributed by atoms with Crippen LogP contribution < -0.4 is 5.32 Å². The molecule has 1 N–H and O–H groups in total. The lowest BCUT2D eigenvalue weighted by molar-refractivity contribution is -0.118. The van der Waals surface area contributed by atoms with Gasteiger partial charge in [0.25, 0.3) is 0 Å². The van der Waals surface area contributed by atoms with Gasteiger partial charge in [-0.3, -0.25) is 9.59 Å². The molecular formula is C22H15Cl2N3O3S. The molecule has 1 saturated heterocycles. The molecule has 1 aliphatic heterocycles. The molecule has 1 amide bonds. The minimum Gasteiger partial charge on any atom is -0.455 e. The SMILES string of the molecule is O=C(CC1S/C(=N/N=C/c2ccc(-c3cc(Cl)ccc3Cl)o2)NC1=O)c1ccccc1. The average molecular weight is 472 g/mol. The maximum Gasteiger partial charge on any atom is 0.240 e. The van der Waals surface area contributed by atoms with Gasteiger partial charge >= 0.3 is 0 Å². The van der Waals surface area contributed by atoms with Crippen molar-refractivity contribution in [3.8, 4) is 11.3 Å².